The fraction of sp³-hybridized carbons (Fsp3) is 0.759. The van der Waals surface area contributed by atoms with E-state index in [-0.39, 0.29) is 25.7 Å². The zero-order valence-electron chi connectivity index (χ0n) is 64.5. The molecule has 0 saturated heterocycles. The van der Waals surface area contributed by atoms with E-state index >= 15 is 0 Å². The van der Waals surface area contributed by atoms with E-state index in [1.165, 1.54) is 128 Å². The van der Waals surface area contributed by atoms with Crippen molar-refractivity contribution in [3.63, 3.8) is 0 Å². The molecular formula is C83H146O17P2. The summed E-state index contributed by atoms with van der Waals surface area (Å²) in [4.78, 5) is 73.0. The van der Waals surface area contributed by atoms with E-state index in [4.69, 9.17) is 37.0 Å². The van der Waals surface area contributed by atoms with E-state index in [1.54, 1.807) is 0 Å². The van der Waals surface area contributed by atoms with Crippen molar-refractivity contribution in [1.29, 1.82) is 0 Å². The number of rotatable bonds is 76. The summed E-state index contributed by atoms with van der Waals surface area (Å²) in [5, 5.41) is 10.6. The molecule has 0 bridgehead atoms. The molecule has 0 aliphatic heterocycles. The SMILES string of the molecule is CC/C=C\C/C=C\C/C=C\C/C=C\C/C=C\C/C=C\CCC(=O)OCC(COP(=O)(O)OCC(O)COP(=O)(O)OCC(COC(=O)CCCCCCC/C=C\CCCCCCCC)OC(=O)CCCCCCCCCCCCCCCCC)OC(=O)CCCCCCC/C=C\CCCCCC. The summed E-state index contributed by atoms with van der Waals surface area (Å²) in [5.41, 5.74) is 0. The van der Waals surface area contributed by atoms with Crippen LogP contribution in [0.15, 0.2) is 97.2 Å². The Kier molecular flexibility index (Phi) is 72.3. The van der Waals surface area contributed by atoms with Gasteiger partial charge >= 0.3 is 39.5 Å². The minimum Gasteiger partial charge on any atom is -0.462 e. The molecule has 0 aromatic carbocycles. The van der Waals surface area contributed by atoms with Crippen molar-refractivity contribution >= 4 is 39.5 Å². The Labute approximate surface area is 620 Å². The first kappa shape index (κ1) is 98.0. The highest BCUT2D eigenvalue weighted by atomic mass is 31.2. The third-order valence-corrected chi connectivity index (χ3v) is 18.9. The number of allylic oxidation sites excluding steroid dienone is 16. The van der Waals surface area contributed by atoms with Crippen molar-refractivity contribution in [2.75, 3.05) is 39.6 Å². The van der Waals surface area contributed by atoms with E-state index in [1.807, 2.05) is 18.2 Å². The predicted octanol–water partition coefficient (Wildman–Crippen LogP) is 23.6. The maximum atomic E-state index is 13.1. The lowest BCUT2D eigenvalue weighted by molar-refractivity contribution is -0.161. The first-order chi connectivity index (χ1) is 49.7. The fourth-order valence-electron chi connectivity index (χ4n) is 10.9. The van der Waals surface area contributed by atoms with Crippen molar-refractivity contribution in [2.24, 2.45) is 0 Å². The molecule has 0 amide bonds. The second-order valence-corrected chi connectivity index (χ2v) is 29.9. The Morgan fingerprint density at radius 3 is 0.853 bits per heavy atom. The van der Waals surface area contributed by atoms with Crippen molar-refractivity contribution in [3.8, 4) is 0 Å². The average molecular weight is 1480 g/mol. The Morgan fingerprint density at radius 1 is 0.284 bits per heavy atom. The quantitative estimate of drug-likeness (QED) is 0.0169. The van der Waals surface area contributed by atoms with E-state index < -0.39 is 97.5 Å². The number of aliphatic hydroxyl groups excluding tert-OH is 1. The van der Waals surface area contributed by atoms with E-state index in [9.17, 15) is 43.2 Å². The maximum Gasteiger partial charge on any atom is 0.472 e. The largest absolute Gasteiger partial charge is 0.472 e. The maximum absolute atomic E-state index is 13.1. The van der Waals surface area contributed by atoms with Crippen molar-refractivity contribution in [3.05, 3.63) is 97.2 Å². The summed E-state index contributed by atoms with van der Waals surface area (Å²) in [6.07, 6.45) is 79.7. The number of carbonyl (C=O) groups excluding carboxylic acids is 4. The van der Waals surface area contributed by atoms with Crippen LogP contribution in [0, 0.1) is 0 Å². The molecule has 19 heteroatoms. The van der Waals surface area contributed by atoms with Gasteiger partial charge in [0.05, 0.1) is 26.4 Å². The number of phosphoric ester groups is 2. The number of carbonyl (C=O) groups is 4. The highest BCUT2D eigenvalue weighted by Gasteiger charge is 2.30. The zero-order valence-corrected chi connectivity index (χ0v) is 66.3. The summed E-state index contributed by atoms with van der Waals surface area (Å²) >= 11 is 0. The van der Waals surface area contributed by atoms with Gasteiger partial charge in [-0.2, -0.15) is 0 Å². The lowest BCUT2D eigenvalue weighted by Crippen LogP contribution is -2.30. The third kappa shape index (κ3) is 74.3. The lowest BCUT2D eigenvalue weighted by atomic mass is 10.0. The van der Waals surface area contributed by atoms with Gasteiger partial charge in [0.25, 0.3) is 0 Å². The average Bonchev–Trinajstić information content (AvgIpc) is 0.908. The van der Waals surface area contributed by atoms with Gasteiger partial charge in [0.15, 0.2) is 12.2 Å². The van der Waals surface area contributed by atoms with E-state index in [0.29, 0.717) is 32.1 Å². The highest BCUT2D eigenvalue weighted by molar-refractivity contribution is 7.47. The van der Waals surface area contributed by atoms with Crippen LogP contribution in [0.5, 0.6) is 0 Å². The van der Waals surface area contributed by atoms with Gasteiger partial charge < -0.3 is 33.8 Å². The van der Waals surface area contributed by atoms with Gasteiger partial charge in [-0.3, -0.25) is 37.3 Å². The summed E-state index contributed by atoms with van der Waals surface area (Å²) in [6.45, 7) is 4.69. The van der Waals surface area contributed by atoms with Crippen LogP contribution in [-0.4, -0.2) is 96.7 Å². The highest BCUT2D eigenvalue weighted by Crippen LogP contribution is 2.45. The molecule has 0 radical (unpaired) electrons. The first-order valence-electron chi connectivity index (χ1n) is 40.5. The molecule has 590 valence electrons. The van der Waals surface area contributed by atoms with Gasteiger partial charge in [-0.25, -0.2) is 9.13 Å². The molecule has 0 aromatic heterocycles. The fourth-order valence-corrected chi connectivity index (χ4v) is 12.5. The Hall–Kier alpha value is -4.02. The zero-order chi connectivity index (χ0) is 74.6. The van der Waals surface area contributed by atoms with Crippen LogP contribution in [0.25, 0.3) is 0 Å². The van der Waals surface area contributed by atoms with Gasteiger partial charge in [-0.15, -0.1) is 0 Å². The molecule has 0 saturated carbocycles. The number of phosphoric acid groups is 2. The molecule has 0 aliphatic rings. The Bertz CT molecular complexity index is 2310. The second-order valence-electron chi connectivity index (χ2n) is 27.0. The summed E-state index contributed by atoms with van der Waals surface area (Å²) < 4.78 is 68.5. The molecule has 0 rings (SSSR count). The van der Waals surface area contributed by atoms with Crippen molar-refractivity contribution in [1.82, 2.24) is 0 Å². The number of hydrogen-bond donors (Lipinski definition) is 3. The van der Waals surface area contributed by atoms with E-state index in [0.717, 1.165) is 135 Å². The van der Waals surface area contributed by atoms with Crippen LogP contribution in [0.4, 0.5) is 0 Å². The molecular weight excluding hydrogens is 1330 g/mol. The van der Waals surface area contributed by atoms with Crippen molar-refractivity contribution in [2.45, 2.75) is 367 Å². The van der Waals surface area contributed by atoms with Gasteiger partial charge in [-0.05, 0) is 116 Å². The number of hydrogen-bond acceptors (Lipinski definition) is 15. The van der Waals surface area contributed by atoms with Gasteiger partial charge in [-0.1, -0.05) is 305 Å². The summed E-state index contributed by atoms with van der Waals surface area (Å²) in [7, 11) is -9.97. The van der Waals surface area contributed by atoms with Crippen LogP contribution >= 0.6 is 15.6 Å². The molecule has 0 fully saturated rings. The molecule has 5 atom stereocenters. The number of esters is 4. The molecule has 5 unspecified atom stereocenters. The summed E-state index contributed by atoms with van der Waals surface area (Å²) in [5.74, 6) is -2.27. The van der Waals surface area contributed by atoms with Crippen LogP contribution < -0.4 is 0 Å². The second kappa shape index (κ2) is 75.2. The van der Waals surface area contributed by atoms with Crippen LogP contribution in [0.2, 0.25) is 0 Å². The normalized spacial score (nSPS) is 14.4. The molecule has 0 aliphatic carbocycles. The summed E-state index contributed by atoms with van der Waals surface area (Å²) in [6, 6.07) is 0. The molecule has 3 N–H and O–H groups in total. The first-order valence-corrected chi connectivity index (χ1v) is 43.5. The standard InChI is InChI=1S/C83H146O17P2/c1-5-9-13-17-21-25-29-33-36-37-38-39-42-45-48-52-56-60-64-68-81(86)94-73-78(99-82(87)69-65-61-57-53-49-43-32-28-24-20-16-12-8-4)75-97-101(89,90)95-71-77(84)72-96-102(91,92)98-76-79(100-83(88)70-66-62-58-54-50-46-41-35-31-27-23-19-15-11-7-3)74-93-80(85)67-63-59-55-51-47-44-40-34-30-26-22-18-14-10-6-2/h9,13,21,25,28,32-34,36,38-40,45,48,56,60,77-79,84H,5-8,10-12,14-20,22-24,26-27,29-31,35,37,41-44,46-47,49-55,57-59,61-76H2,1-4H3,(H,89,90)(H,91,92)/b13-9-,25-21-,32-28-,36-33-,39-38-,40-34-,48-45-,60-56-. The molecule has 0 heterocycles. The third-order valence-electron chi connectivity index (χ3n) is 17.0. The molecule has 0 spiro atoms. The van der Waals surface area contributed by atoms with Crippen LogP contribution in [0.1, 0.15) is 349 Å². The Morgan fingerprint density at radius 2 is 0.529 bits per heavy atom. The lowest BCUT2D eigenvalue weighted by Gasteiger charge is -2.21. The predicted molar refractivity (Wildman–Crippen MR) is 418 cm³/mol. The molecule has 17 nitrogen and oxygen atoms in total. The van der Waals surface area contributed by atoms with Crippen LogP contribution in [-0.2, 0) is 65.4 Å². The number of unbranched alkanes of at least 4 members (excludes halogenated alkanes) is 34. The topological polar surface area (TPSA) is 237 Å². The van der Waals surface area contributed by atoms with Gasteiger partial charge in [0, 0.05) is 25.7 Å². The van der Waals surface area contributed by atoms with Gasteiger partial charge in [0.1, 0.15) is 19.3 Å². The van der Waals surface area contributed by atoms with E-state index in [2.05, 4.69) is 107 Å². The van der Waals surface area contributed by atoms with Crippen molar-refractivity contribution < 1.29 is 80.2 Å². The molecule has 102 heavy (non-hydrogen) atoms. The molecule has 0 aromatic rings. The monoisotopic (exact) mass is 1480 g/mol. The van der Waals surface area contributed by atoms with Gasteiger partial charge in [0.2, 0.25) is 0 Å². The smallest absolute Gasteiger partial charge is 0.462 e. The Balaban J connectivity index is 5.39. The van der Waals surface area contributed by atoms with Crippen LogP contribution in [0.3, 0.4) is 0 Å². The minimum absolute atomic E-state index is 0.0350. The number of ether oxygens (including phenoxy) is 4. The minimum atomic E-state index is -4.99. The number of aliphatic hydroxyl groups is 1.